The van der Waals surface area contributed by atoms with E-state index in [0.29, 0.717) is 17.3 Å². The molecule has 4 aliphatic carbocycles. The molecular formula is C61H108O12V. The van der Waals surface area contributed by atoms with E-state index in [1.54, 1.807) is 7.11 Å². The van der Waals surface area contributed by atoms with Crippen LogP contribution in [0.4, 0.5) is 0 Å². The number of carbonyl (C=O) groups is 4. The zero-order valence-corrected chi connectivity index (χ0v) is 50.1. The first-order chi connectivity index (χ1) is 35.0. The molecule has 4 rings (SSSR count). The molecule has 74 heavy (non-hydrogen) atoms. The summed E-state index contributed by atoms with van der Waals surface area (Å²) in [5.74, 6) is 6.41. The Morgan fingerprint density at radius 3 is 1.74 bits per heavy atom. The van der Waals surface area contributed by atoms with Crippen molar-refractivity contribution < 1.29 is 74.9 Å². The van der Waals surface area contributed by atoms with Gasteiger partial charge in [-0.05, 0) is 189 Å². The fourth-order valence-electron chi connectivity index (χ4n) is 13.3. The number of hydrogen-bond donors (Lipinski definition) is 4. The average molecular weight is 1080 g/mol. The van der Waals surface area contributed by atoms with E-state index in [-0.39, 0.29) is 48.4 Å². The summed E-state index contributed by atoms with van der Waals surface area (Å²) in [6, 6.07) is 0. The molecule has 4 saturated carbocycles. The quantitative estimate of drug-likeness (QED) is 0.0200. The van der Waals surface area contributed by atoms with Gasteiger partial charge in [0.15, 0.2) is 17.7 Å². The summed E-state index contributed by atoms with van der Waals surface area (Å²) in [6.45, 7) is 22.6. The molecule has 0 heterocycles. The van der Waals surface area contributed by atoms with Crippen molar-refractivity contribution in [3.8, 4) is 0 Å². The minimum absolute atomic E-state index is 0.0111. The summed E-state index contributed by atoms with van der Waals surface area (Å²) in [5, 5.41) is 36.0. The van der Waals surface area contributed by atoms with Crippen molar-refractivity contribution in [3.05, 3.63) is 35.8 Å². The molecule has 0 spiro atoms. The van der Waals surface area contributed by atoms with Crippen molar-refractivity contribution >= 4 is 23.5 Å². The number of carbonyl (C=O) groups excluding carboxylic acids is 4. The molecule has 0 aliphatic heterocycles. The molecule has 0 bridgehead atoms. The summed E-state index contributed by atoms with van der Waals surface area (Å²) in [4.78, 5) is 42.5. The third kappa shape index (κ3) is 28.7. The van der Waals surface area contributed by atoms with Crippen molar-refractivity contribution in [1.29, 1.82) is 0 Å². The third-order valence-corrected chi connectivity index (χ3v) is 17.0. The van der Waals surface area contributed by atoms with Gasteiger partial charge >= 0.3 is 33.0 Å². The van der Waals surface area contributed by atoms with Gasteiger partial charge in [0, 0.05) is 39.2 Å². The fraction of sp³-hybridized carbons (Fsp3) is 0.836. The zero-order valence-electron chi connectivity index (χ0n) is 48.7. The van der Waals surface area contributed by atoms with Crippen LogP contribution in [0, 0.1) is 58.2 Å². The van der Waals surface area contributed by atoms with Gasteiger partial charge in [0.25, 0.3) is 0 Å². The van der Waals surface area contributed by atoms with Gasteiger partial charge in [-0.25, -0.2) is 0 Å². The molecular weight excluding hydrogens is 976 g/mol. The summed E-state index contributed by atoms with van der Waals surface area (Å²) >= 11 is 1.06. The van der Waals surface area contributed by atoms with E-state index < -0.39 is 12.1 Å². The van der Waals surface area contributed by atoms with Gasteiger partial charge in [0.1, 0.15) is 6.61 Å². The number of allylic oxidation sites excluding steroid dienone is 6. The van der Waals surface area contributed by atoms with Gasteiger partial charge in [0.05, 0.1) is 24.2 Å². The minimum atomic E-state index is -0.773. The number of methoxy groups -OCH3 is 1. The van der Waals surface area contributed by atoms with Crippen LogP contribution >= 0.6 is 0 Å². The van der Waals surface area contributed by atoms with Crippen LogP contribution in [-0.4, -0.2) is 83.1 Å². The summed E-state index contributed by atoms with van der Waals surface area (Å²) in [7, 11) is 1.75. The van der Waals surface area contributed by atoms with E-state index in [1.165, 1.54) is 150 Å². The van der Waals surface area contributed by atoms with Gasteiger partial charge in [-0.2, -0.15) is 0 Å². The molecule has 4 fully saturated rings. The van der Waals surface area contributed by atoms with E-state index in [1.807, 2.05) is 0 Å². The Morgan fingerprint density at radius 1 is 0.703 bits per heavy atom. The van der Waals surface area contributed by atoms with Crippen LogP contribution in [-0.2, 0) is 54.4 Å². The number of ether oxygens (including phenoxy) is 3. The first-order valence-corrected chi connectivity index (χ1v) is 29.3. The SMILES string of the molecule is CC(=O)/C=C(/C)O.CC(=O)/C=C(/C)O.CC[C@@H](CC[C@@H](C)[C@H]1CC[C@H]2[C@@H]3CC[C@H]4C[C@@H](O)CC[C@]4(C)[C@H]3CC[C@]12C)C(C)C.COCCCCCC/C=C\CCCCCCCC(=O)OCC(CO)OC(C)=O.[O]=[V]. The number of esters is 2. The van der Waals surface area contributed by atoms with Crippen LogP contribution in [0.3, 0.4) is 0 Å². The molecule has 12 nitrogen and oxygen atoms in total. The molecule has 429 valence electrons. The molecule has 0 aromatic rings. The number of hydrogen-bond acceptors (Lipinski definition) is 12. The van der Waals surface area contributed by atoms with Crippen molar-refractivity contribution in [2.45, 2.75) is 242 Å². The molecule has 0 aromatic carbocycles. The van der Waals surface area contributed by atoms with E-state index in [4.69, 9.17) is 33.2 Å². The number of rotatable bonds is 27. The van der Waals surface area contributed by atoms with E-state index in [0.717, 1.165) is 116 Å². The number of aliphatic hydroxyl groups is 4. The Hall–Kier alpha value is -2.64. The average Bonchev–Trinajstić information content (AvgIpc) is 3.69. The van der Waals surface area contributed by atoms with Gasteiger partial charge in [-0.1, -0.05) is 98.6 Å². The first kappa shape index (κ1) is 71.4. The predicted molar refractivity (Wildman–Crippen MR) is 293 cm³/mol. The summed E-state index contributed by atoms with van der Waals surface area (Å²) < 4.78 is 23.1. The molecule has 11 atom stereocenters. The van der Waals surface area contributed by atoms with E-state index >= 15 is 0 Å². The number of unbranched alkanes of at least 4 members (excludes halogenated alkanes) is 9. The Morgan fingerprint density at radius 2 is 1.24 bits per heavy atom. The molecule has 1 unspecified atom stereocenters. The Bertz CT molecular complexity index is 1610. The fourth-order valence-corrected chi connectivity index (χ4v) is 13.3. The maximum atomic E-state index is 11.6. The molecule has 4 N–H and O–H groups in total. The van der Waals surface area contributed by atoms with Crippen molar-refractivity contribution in [1.82, 2.24) is 0 Å². The number of fused-ring (bicyclic) bond motifs is 5. The molecule has 4 aliphatic rings. The van der Waals surface area contributed by atoms with Gasteiger partial charge in [-0.3, -0.25) is 19.2 Å². The van der Waals surface area contributed by atoms with Gasteiger partial charge in [0.2, 0.25) is 0 Å². The second-order valence-electron chi connectivity index (χ2n) is 23.1. The van der Waals surface area contributed by atoms with Crippen molar-refractivity contribution in [2.75, 3.05) is 26.9 Å². The standard InChI is InChI=1S/C29H52O.C22H40O6.2C5H8O2.O.V/c1-7-21(19(2)3)9-8-20(4)25-12-13-26-24-11-10-22-18-23(30)14-16-28(22,5)27(24)15-17-29(25,26)6;1-20(24)28-21(18-23)19-27-22(25)16-14-12-10-8-6-4-3-5-7-9-11-13-15-17-26-2;2*1-4(6)3-5(2)7;;/h19-27,30H,7-18H2,1-6H3;3,5,21,23H,4,6-19H2,1-2H3;2*3,6H,1-2H3;;/b;5-3-;2*4-3-;;/t20-,21+,22+,23+,24+,25-,26+,27+,28+,29-;;;;;/m1...../s1. The van der Waals surface area contributed by atoms with E-state index in [9.17, 15) is 24.3 Å². The Labute approximate surface area is 459 Å². The van der Waals surface area contributed by atoms with Crippen molar-refractivity contribution in [3.63, 3.8) is 0 Å². The second-order valence-corrected chi connectivity index (χ2v) is 23.1. The summed E-state index contributed by atoms with van der Waals surface area (Å²) in [6.07, 6.45) is 35.6. The number of ketones is 2. The van der Waals surface area contributed by atoms with Crippen LogP contribution < -0.4 is 0 Å². The molecule has 0 aromatic heterocycles. The van der Waals surface area contributed by atoms with Crippen LogP contribution in [0.5, 0.6) is 0 Å². The summed E-state index contributed by atoms with van der Waals surface area (Å²) in [5.41, 5.74) is 1.14. The zero-order chi connectivity index (χ0) is 56.3. The van der Waals surface area contributed by atoms with Crippen LogP contribution in [0.1, 0.15) is 230 Å². The van der Waals surface area contributed by atoms with Crippen molar-refractivity contribution in [2.24, 2.45) is 58.2 Å². The normalized spacial score (nSPS) is 26.3. The topological polar surface area (TPSA) is 194 Å². The molecule has 0 amide bonds. The number of aliphatic hydroxyl groups excluding tert-OH is 4. The molecule has 13 heteroatoms. The molecule has 0 radical (unpaired) electrons. The second kappa shape index (κ2) is 40.6. The van der Waals surface area contributed by atoms with Gasteiger partial charge < -0.3 is 34.6 Å². The van der Waals surface area contributed by atoms with E-state index in [2.05, 4.69) is 53.7 Å². The van der Waals surface area contributed by atoms with Crippen LogP contribution in [0.15, 0.2) is 35.8 Å². The van der Waals surface area contributed by atoms with Crippen LogP contribution in [0.25, 0.3) is 0 Å². The predicted octanol–water partition coefficient (Wildman–Crippen LogP) is 14.4. The van der Waals surface area contributed by atoms with Crippen LogP contribution in [0.2, 0.25) is 0 Å². The Kier molecular flexibility index (Phi) is 39.1. The third-order valence-electron chi connectivity index (χ3n) is 17.0. The monoisotopic (exact) mass is 1080 g/mol. The first-order valence-electron chi connectivity index (χ1n) is 28.7. The maximum absolute atomic E-state index is 11.6. The molecule has 0 saturated heterocycles. The van der Waals surface area contributed by atoms with Gasteiger partial charge in [-0.15, -0.1) is 0 Å². The Balaban J connectivity index is 0.00000112.